The Balaban J connectivity index is 2.34. The highest BCUT2D eigenvalue weighted by Gasteiger charge is 2.14. The first-order valence-corrected chi connectivity index (χ1v) is 4.07. The Morgan fingerprint density at radius 2 is 2.33 bits per heavy atom. The van der Waals surface area contributed by atoms with Crippen molar-refractivity contribution in [3.05, 3.63) is 35.8 Å². The van der Waals surface area contributed by atoms with Gasteiger partial charge in [0.15, 0.2) is 5.76 Å². The van der Waals surface area contributed by atoms with Gasteiger partial charge in [-0.15, -0.1) is 0 Å². The third-order valence-electron chi connectivity index (χ3n) is 2.13. The summed E-state index contributed by atoms with van der Waals surface area (Å²) in [6.45, 7) is 4.17. The van der Waals surface area contributed by atoms with Crippen molar-refractivity contribution in [2.45, 2.75) is 19.9 Å². The van der Waals surface area contributed by atoms with Crippen LogP contribution in [0.4, 0.5) is 0 Å². The summed E-state index contributed by atoms with van der Waals surface area (Å²) in [6.07, 6.45) is 3.74. The molecular formula is C10H11NO. The lowest BCUT2D eigenvalue weighted by Crippen LogP contribution is -1.94. The number of nitrogens with zero attached hydrogens (tertiary/aromatic N) is 1. The molecule has 0 amide bonds. The molecule has 1 aromatic rings. The Bertz CT molecular complexity index is 333. The van der Waals surface area contributed by atoms with Crippen molar-refractivity contribution in [1.82, 2.24) is 0 Å². The zero-order valence-corrected chi connectivity index (χ0v) is 7.24. The van der Waals surface area contributed by atoms with Crippen molar-refractivity contribution in [3.63, 3.8) is 0 Å². The van der Waals surface area contributed by atoms with Crippen LogP contribution in [0.25, 0.3) is 0 Å². The lowest BCUT2D eigenvalue weighted by atomic mass is 10.2. The Morgan fingerprint density at radius 1 is 1.50 bits per heavy atom. The molecule has 0 saturated carbocycles. The number of hydrogen-bond donors (Lipinski definition) is 0. The molecule has 1 atom stereocenters. The van der Waals surface area contributed by atoms with Crippen LogP contribution in [-0.2, 0) is 0 Å². The molecule has 0 saturated heterocycles. The second-order valence-electron chi connectivity index (χ2n) is 3.06. The topological polar surface area (TPSA) is 25.5 Å². The first-order chi connectivity index (χ1) is 5.77. The summed E-state index contributed by atoms with van der Waals surface area (Å²) in [7, 11) is 0. The van der Waals surface area contributed by atoms with E-state index in [1.54, 1.807) is 6.26 Å². The Labute approximate surface area is 71.6 Å². The molecule has 0 N–H and O–H groups in total. The summed E-state index contributed by atoms with van der Waals surface area (Å²) in [5, 5.41) is 0. The number of hydrogen-bond acceptors (Lipinski definition) is 2. The lowest BCUT2D eigenvalue weighted by molar-refractivity contribution is 0.558. The van der Waals surface area contributed by atoms with Crippen LogP contribution in [0.5, 0.6) is 0 Å². The van der Waals surface area contributed by atoms with Crippen molar-refractivity contribution >= 4 is 5.71 Å². The zero-order valence-electron chi connectivity index (χ0n) is 7.24. The van der Waals surface area contributed by atoms with Crippen molar-refractivity contribution in [2.24, 2.45) is 4.99 Å². The minimum absolute atomic E-state index is 0.310. The molecule has 0 fully saturated rings. The number of allylic oxidation sites excluding steroid dienone is 1. The van der Waals surface area contributed by atoms with E-state index in [1.165, 1.54) is 5.57 Å². The molecule has 2 heterocycles. The summed E-state index contributed by atoms with van der Waals surface area (Å²) in [4.78, 5) is 4.44. The predicted molar refractivity (Wildman–Crippen MR) is 48.5 cm³/mol. The molecule has 0 radical (unpaired) electrons. The summed E-state index contributed by atoms with van der Waals surface area (Å²) in [5.74, 6) is 0.860. The monoisotopic (exact) mass is 161 g/mol. The molecule has 12 heavy (non-hydrogen) atoms. The molecule has 62 valence electrons. The van der Waals surface area contributed by atoms with Gasteiger partial charge >= 0.3 is 0 Å². The highest BCUT2D eigenvalue weighted by atomic mass is 16.3. The van der Waals surface area contributed by atoms with Crippen LogP contribution >= 0.6 is 0 Å². The highest BCUT2D eigenvalue weighted by Crippen LogP contribution is 2.17. The highest BCUT2D eigenvalue weighted by molar-refractivity contribution is 6.08. The van der Waals surface area contributed by atoms with Crippen LogP contribution in [-0.4, -0.2) is 11.8 Å². The smallest absolute Gasteiger partial charge is 0.151 e. The summed E-state index contributed by atoms with van der Waals surface area (Å²) < 4.78 is 5.24. The maximum Gasteiger partial charge on any atom is 0.151 e. The zero-order chi connectivity index (χ0) is 8.55. The van der Waals surface area contributed by atoms with Crippen molar-refractivity contribution in [2.75, 3.05) is 0 Å². The molecule has 1 aliphatic heterocycles. The first-order valence-electron chi connectivity index (χ1n) is 4.07. The van der Waals surface area contributed by atoms with Crippen LogP contribution in [0, 0.1) is 0 Å². The van der Waals surface area contributed by atoms with Gasteiger partial charge in [-0.25, -0.2) is 0 Å². The summed E-state index contributed by atoms with van der Waals surface area (Å²) in [5.41, 5.74) is 2.26. The van der Waals surface area contributed by atoms with E-state index in [9.17, 15) is 0 Å². The quantitative estimate of drug-likeness (QED) is 0.621. The molecule has 1 aromatic heterocycles. The van der Waals surface area contributed by atoms with Gasteiger partial charge in [-0.05, 0) is 37.6 Å². The van der Waals surface area contributed by atoms with Gasteiger partial charge in [-0.1, -0.05) is 0 Å². The maximum atomic E-state index is 5.24. The largest absolute Gasteiger partial charge is 0.463 e. The van der Waals surface area contributed by atoms with Gasteiger partial charge in [0, 0.05) is 0 Å². The number of rotatable bonds is 1. The first kappa shape index (κ1) is 7.35. The molecule has 2 rings (SSSR count). The van der Waals surface area contributed by atoms with Gasteiger partial charge in [-0.2, -0.15) is 0 Å². The third-order valence-corrected chi connectivity index (χ3v) is 2.13. The van der Waals surface area contributed by atoms with Gasteiger partial charge in [0.05, 0.1) is 12.3 Å². The second kappa shape index (κ2) is 2.63. The summed E-state index contributed by atoms with van der Waals surface area (Å²) >= 11 is 0. The van der Waals surface area contributed by atoms with Crippen LogP contribution in [0.1, 0.15) is 19.6 Å². The fraction of sp³-hybridized carbons (Fsp3) is 0.300. The van der Waals surface area contributed by atoms with Gasteiger partial charge in [0.1, 0.15) is 5.71 Å². The van der Waals surface area contributed by atoms with Crippen LogP contribution < -0.4 is 0 Å². The van der Waals surface area contributed by atoms with Crippen molar-refractivity contribution in [1.29, 1.82) is 0 Å². The van der Waals surface area contributed by atoms with Gasteiger partial charge < -0.3 is 4.42 Å². The van der Waals surface area contributed by atoms with Crippen LogP contribution in [0.15, 0.2) is 39.5 Å². The average molecular weight is 161 g/mol. The van der Waals surface area contributed by atoms with Crippen molar-refractivity contribution in [3.8, 4) is 0 Å². The SMILES string of the molecule is CC1=CC(c2ccco2)=NC1C. The van der Waals surface area contributed by atoms with Crippen molar-refractivity contribution < 1.29 is 4.42 Å². The minimum Gasteiger partial charge on any atom is -0.463 e. The second-order valence-corrected chi connectivity index (χ2v) is 3.06. The summed E-state index contributed by atoms with van der Waals surface area (Å²) in [6, 6.07) is 4.12. The fourth-order valence-electron chi connectivity index (χ4n) is 1.24. The van der Waals surface area contributed by atoms with Gasteiger partial charge in [-0.3, -0.25) is 4.99 Å². The molecule has 2 nitrogen and oxygen atoms in total. The van der Waals surface area contributed by atoms with E-state index in [2.05, 4.69) is 24.9 Å². The van der Waals surface area contributed by atoms with E-state index < -0.39 is 0 Å². The average Bonchev–Trinajstić information content (AvgIpc) is 2.61. The third kappa shape index (κ3) is 1.09. The molecule has 0 bridgehead atoms. The molecule has 0 aromatic carbocycles. The van der Waals surface area contributed by atoms with Crippen LogP contribution in [0.3, 0.4) is 0 Å². The Hall–Kier alpha value is -1.31. The molecule has 1 unspecified atom stereocenters. The maximum absolute atomic E-state index is 5.24. The standard InChI is InChI=1S/C10H11NO/c1-7-6-9(11-8(7)2)10-4-3-5-12-10/h3-6,8H,1-2H3. The molecule has 1 aliphatic rings. The molecular weight excluding hydrogens is 150 g/mol. The van der Waals surface area contributed by atoms with E-state index in [0.717, 1.165) is 11.5 Å². The number of aliphatic imine (C=N–C) groups is 1. The van der Waals surface area contributed by atoms with Gasteiger partial charge in [0.25, 0.3) is 0 Å². The van der Waals surface area contributed by atoms with Crippen LogP contribution in [0.2, 0.25) is 0 Å². The molecule has 0 aliphatic carbocycles. The minimum atomic E-state index is 0.310. The van der Waals surface area contributed by atoms with E-state index in [4.69, 9.17) is 4.42 Å². The Kier molecular flexibility index (Phi) is 1.61. The normalized spacial score (nSPS) is 22.3. The lowest BCUT2D eigenvalue weighted by Gasteiger charge is -1.96. The van der Waals surface area contributed by atoms with E-state index in [0.29, 0.717) is 6.04 Å². The Morgan fingerprint density at radius 3 is 2.83 bits per heavy atom. The number of furan rings is 1. The predicted octanol–water partition coefficient (Wildman–Crippen LogP) is 2.42. The molecule has 2 heteroatoms. The molecule has 0 spiro atoms. The van der Waals surface area contributed by atoms with E-state index in [-0.39, 0.29) is 0 Å². The fourth-order valence-corrected chi connectivity index (χ4v) is 1.24. The van der Waals surface area contributed by atoms with Gasteiger partial charge in [0.2, 0.25) is 0 Å². The van der Waals surface area contributed by atoms with E-state index in [1.807, 2.05) is 12.1 Å². The van der Waals surface area contributed by atoms with E-state index >= 15 is 0 Å².